The van der Waals surface area contributed by atoms with Crippen LogP contribution in [0.1, 0.15) is 17.5 Å². The van der Waals surface area contributed by atoms with Gasteiger partial charge in [0, 0.05) is 29.2 Å². The molecule has 25 heavy (non-hydrogen) atoms. The molecule has 1 aromatic heterocycles. The summed E-state index contributed by atoms with van der Waals surface area (Å²) < 4.78 is 7.55. The fraction of sp³-hybridized carbons (Fsp3) is 0.333. The molecule has 3 nitrogen and oxygen atoms in total. The summed E-state index contributed by atoms with van der Waals surface area (Å²) in [5.41, 5.74) is 3.95. The van der Waals surface area contributed by atoms with Crippen molar-refractivity contribution in [1.82, 2.24) is 9.88 Å². The van der Waals surface area contributed by atoms with Gasteiger partial charge < -0.3 is 14.6 Å². The Hall–Kier alpha value is -1.97. The summed E-state index contributed by atoms with van der Waals surface area (Å²) in [7, 11) is 3.81. The molecular formula is C21H25ClN2O. The molecule has 0 aliphatic heterocycles. The van der Waals surface area contributed by atoms with Gasteiger partial charge in [-0.05, 0) is 73.8 Å². The molecule has 3 aromatic rings. The second-order valence-corrected chi connectivity index (χ2v) is 6.81. The molecule has 132 valence electrons. The number of fused-ring (bicyclic) bond motifs is 1. The lowest BCUT2D eigenvalue weighted by atomic mass is 10.1. The minimum absolute atomic E-state index is 0.800. The number of benzene rings is 2. The van der Waals surface area contributed by atoms with Crippen LogP contribution >= 0.6 is 11.6 Å². The molecule has 1 N–H and O–H groups in total. The molecule has 0 saturated heterocycles. The Balaban J connectivity index is 1.47. The molecular weight excluding hydrogens is 332 g/mol. The van der Waals surface area contributed by atoms with Crippen molar-refractivity contribution in [3.05, 3.63) is 64.8 Å². The van der Waals surface area contributed by atoms with Crippen LogP contribution in [0, 0.1) is 0 Å². The van der Waals surface area contributed by atoms with Gasteiger partial charge in [0.25, 0.3) is 0 Å². The second-order valence-electron chi connectivity index (χ2n) is 6.38. The number of nitrogens with zero attached hydrogens (tertiary/aromatic N) is 1. The predicted molar refractivity (Wildman–Crippen MR) is 106 cm³/mol. The number of nitrogens with one attached hydrogen (secondary N) is 1. The maximum absolute atomic E-state index is 5.91. The molecule has 1 heterocycles. The number of hydrogen-bond donors (Lipinski definition) is 1. The maximum atomic E-state index is 5.91. The summed E-state index contributed by atoms with van der Waals surface area (Å²) in [5.74, 6) is 0.913. The molecule has 0 saturated carbocycles. The number of aryl methyl sites for hydroxylation is 2. The fourth-order valence-electron chi connectivity index (χ4n) is 3.20. The first-order chi connectivity index (χ1) is 12.2. The summed E-state index contributed by atoms with van der Waals surface area (Å²) in [6.45, 7) is 2.01. The van der Waals surface area contributed by atoms with E-state index in [1.807, 2.05) is 18.2 Å². The Morgan fingerprint density at radius 1 is 1.04 bits per heavy atom. The normalized spacial score (nSPS) is 11.2. The van der Waals surface area contributed by atoms with E-state index >= 15 is 0 Å². The molecule has 0 bridgehead atoms. The van der Waals surface area contributed by atoms with E-state index in [1.165, 1.54) is 22.0 Å². The molecule has 0 aliphatic rings. The zero-order chi connectivity index (χ0) is 17.6. The van der Waals surface area contributed by atoms with E-state index in [9.17, 15) is 0 Å². The van der Waals surface area contributed by atoms with Crippen LogP contribution < -0.4 is 10.1 Å². The van der Waals surface area contributed by atoms with Gasteiger partial charge in [0.1, 0.15) is 5.75 Å². The molecule has 0 fully saturated rings. The van der Waals surface area contributed by atoms with E-state index in [1.54, 1.807) is 7.11 Å². The zero-order valence-corrected chi connectivity index (χ0v) is 15.6. The average molecular weight is 357 g/mol. The number of hydrogen-bond acceptors (Lipinski definition) is 2. The molecule has 0 atom stereocenters. The van der Waals surface area contributed by atoms with Gasteiger partial charge in [0.15, 0.2) is 0 Å². The van der Waals surface area contributed by atoms with Gasteiger partial charge in [-0.2, -0.15) is 0 Å². The van der Waals surface area contributed by atoms with Crippen molar-refractivity contribution in [2.45, 2.75) is 19.3 Å². The van der Waals surface area contributed by atoms with E-state index in [0.29, 0.717) is 0 Å². The number of halogens is 1. The van der Waals surface area contributed by atoms with Crippen molar-refractivity contribution in [2.75, 3.05) is 20.2 Å². The fourth-order valence-corrected chi connectivity index (χ4v) is 3.32. The Morgan fingerprint density at radius 2 is 1.84 bits per heavy atom. The van der Waals surface area contributed by atoms with Gasteiger partial charge in [-0.25, -0.2) is 0 Å². The minimum Gasteiger partial charge on any atom is -0.497 e. The van der Waals surface area contributed by atoms with Crippen LogP contribution in [0.15, 0.2) is 48.7 Å². The van der Waals surface area contributed by atoms with Crippen molar-refractivity contribution >= 4 is 22.5 Å². The molecule has 0 radical (unpaired) electrons. The lowest BCUT2D eigenvalue weighted by Gasteiger charge is -2.05. The standard InChI is InChI=1S/C21H25ClN2O/c1-24-15-17(20-14-19(25-2)9-10-21(20)24)11-13-23-12-3-4-16-5-7-18(22)8-6-16/h5-10,14-15,23H,3-4,11-13H2,1-2H3. The highest BCUT2D eigenvalue weighted by molar-refractivity contribution is 6.30. The lowest BCUT2D eigenvalue weighted by molar-refractivity contribution is 0.415. The predicted octanol–water partition coefficient (Wildman–Crippen LogP) is 4.61. The molecule has 0 amide bonds. The third kappa shape index (κ3) is 4.56. The molecule has 2 aromatic carbocycles. The van der Waals surface area contributed by atoms with Gasteiger partial charge in [0.05, 0.1) is 7.11 Å². The summed E-state index contributed by atoms with van der Waals surface area (Å²) >= 11 is 5.91. The quantitative estimate of drug-likeness (QED) is 0.597. The van der Waals surface area contributed by atoms with Gasteiger partial charge in [-0.1, -0.05) is 23.7 Å². The summed E-state index contributed by atoms with van der Waals surface area (Å²) in [6.07, 6.45) is 5.45. The Labute approximate surface area is 154 Å². The van der Waals surface area contributed by atoms with E-state index in [0.717, 1.165) is 43.1 Å². The first-order valence-corrected chi connectivity index (χ1v) is 9.12. The Bertz CT molecular complexity index is 824. The molecule has 0 aliphatic carbocycles. The highest BCUT2D eigenvalue weighted by Gasteiger charge is 2.07. The highest BCUT2D eigenvalue weighted by Crippen LogP contribution is 2.25. The summed E-state index contributed by atoms with van der Waals surface area (Å²) in [6, 6.07) is 14.4. The van der Waals surface area contributed by atoms with Crippen LogP contribution in [0.4, 0.5) is 0 Å². The minimum atomic E-state index is 0.800. The first-order valence-electron chi connectivity index (χ1n) is 8.74. The van der Waals surface area contributed by atoms with Crippen LogP contribution in [-0.4, -0.2) is 24.8 Å². The van der Waals surface area contributed by atoms with Crippen molar-refractivity contribution in [3.8, 4) is 5.75 Å². The van der Waals surface area contributed by atoms with Crippen molar-refractivity contribution < 1.29 is 4.74 Å². The number of rotatable bonds is 8. The highest BCUT2D eigenvalue weighted by atomic mass is 35.5. The maximum Gasteiger partial charge on any atom is 0.119 e. The Kier molecular flexibility index (Phi) is 6.00. The topological polar surface area (TPSA) is 26.2 Å². The van der Waals surface area contributed by atoms with Gasteiger partial charge in [-0.3, -0.25) is 0 Å². The smallest absolute Gasteiger partial charge is 0.119 e. The van der Waals surface area contributed by atoms with Gasteiger partial charge in [0.2, 0.25) is 0 Å². The van der Waals surface area contributed by atoms with E-state index in [4.69, 9.17) is 16.3 Å². The van der Waals surface area contributed by atoms with Gasteiger partial charge >= 0.3 is 0 Å². The molecule has 0 spiro atoms. The first kappa shape index (κ1) is 17.8. The largest absolute Gasteiger partial charge is 0.497 e. The van der Waals surface area contributed by atoms with E-state index in [2.05, 4.69) is 47.4 Å². The Morgan fingerprint density at radius 3 is 2.60 bits per heavy atom. The summed E-state index contributed by atoms with van der Waals surface area (Å²) in [4.78, 5) is 0. The SMILES string of the molecule is COc1ccc2c(c1)c(CCNCCCc1ccc(Cl)cc1)cn2C. The van der Waals surface area contributed by atoms with Crippen LogP contribution in [-0.2, 0) is 19.9 Å². The zero-order valence-electron chi connectivity index (χ0n) is 14.9. The monoisotopic (exact) mass is 356 g/mol. The third-order valence-electron chi connectivity index (χ3n) is 4.58. The second kappa shape index (κ2) is 8.41. The van der Waals surface area contributed by atoms with Crippen LogP contribution in [0.5, 0.6) is 5.75 Å². The summed E-state index contributed by atoms with van der Waals surface area (Å²) in [5, 5.41) is 5.63. The average Bonchev–Trinajstić information content (AvgIpc) is 2.95. The van der Waals surface area contributed by atoms with Crippen molar-refractivity contribution in [1.29, 1.82) is 0 Å². The van der Waals surface area contributed by atoms with Crippen LogP contribution in [0.2, 0.25) is 5.02 Å². The van der Waals surface area contributed by atoms with E-state index < -0.39 is 0 Å². The van der Waals surface area contributed by atoms with Gasteiger partial charge in [-0.15, -0.1) is 0 Å². The molecule has 4 heteroatoms. The van der Waals surface area contributed by atoms with Crippen molar-refractivity contribution in [2.24, 2.45) is 7.05 Å². The molecule has 3 rings (SSSR count). The number of aromatic nitrogens is 1. The third-order valence-corrected chi connectivity index (χ3v) is 4.83. The van der Waals surface area contributed by atoms with Crippen LogP contribution in [0.25, 0.3) is 10.9 Å². The van der Waals surface area contributed by atoms with Crippen molar-refractivity contribution in [3.63, 3.8) is 0 Å². The number of ether oxygens (including phenoxy) is 1. The van der Waals surface area contributed by atoms with E-state index in [-0.39, 0.29) is 0 Å². The molecule has 0 unspecified atom stereocenters. The van der Waals surface area contributed by atoms with Crippen LogP contribution in [0.3, 0.4) is 0 Å². The lowest BCUT2D eigenvalue weighted by Crippen LogP contribution is -2.18. The number of methoxy groups -OCH3 is 1.